The van der Waals surface area contributed by atoms with Crippen LogP contribution in [0.2, 0.25) is 0 Å². The molecular formula is C18H13NO2. The minimum atomic E-state index is -0.334. The van der Waals surface area contributed by atoms with Gasteiger partial charge in [0.25, 0.3) is 0 Å². The van der Waals surface area contributed by atoms with Gasteiger partial charge in [0.1, 0.15) is 0 Å². The molecule has 3 nitrogen and oxygen atoms in total. The number of benzene rings is 2. The molecule has 0 spiro atoms. The molecule has 0 aromatic heterocycles. The molecule has 0 saturated heterocycles. The van der Waals surface area contributed by atoms with E-state index < -0.39 is 0 Å². The Bertz CT molecular complexity index is 789. The van der Waals surface area contributed by atoms with Crippen molar-refractivity contribution in [1.82, 2.24) is 5.48 Å². The molecule has 1 N–H and O–H groups in total. The highest BCUT2D eigenvalue weighted by molar-refractivity contribution is 6.04. The molecule has 1 aliphatic carbocycles. The van der Waals surface area contributed by atoms with Crippen molar-refractivity contribution in [3.05, 3.63) is 77.0 Å². The van der Waals surface area contributed by atoms with Crippen molar-refractivity contribution in [2.24, 2.45) is 0 Å². The molecule has 102 valence electrons. The van der Waals surface area contributed by atoms with Gasteiger partial charge in [0.2, 0.25) is 0 Å². The van der Waals surface area contributed by atoms with Crippen molar-refractivity contribution >= 4 is 17.9 Å². The number of fused-ring (bicyclic) bond motifs is 2. The summed E-state index contributed by atoms with van der Waals surface area (Å²) >= 11 is 0. The highest BCUT2D eigenvalue weighted by atomic mass is 16.6. The van der Waals surface area contributed by atoms with Crippen LogP contribution in [0.4, 0.5) is 0 Å². The molecule has 0 radical (unpaired) electrons. The number of allylic oxidation sites excluding steroid dienone is 2. The Morgan fingerprint density at radius 2 is 1.67 bits per heavy atom. The van der Waals surface area contributed by atoms with Crippen LogP contribution in [0.1, 0.15) is 22.6 Å². The van der Waals surface area contributed by atoms with Crippen LogP contribution in [-0.4, -0.2) is 5.78 Å². The first-order chi connectivity index (χ1) is 10.3. The number of hydrogen-bond acceptors (Lipinski definition) is 3. The van der Waals surface area contributed by atoms with Crippen molar-refractivity contribution < 1.29 is 9.63 Å². The van der Waals surface area contributed by atoms with Crippen LogP contribution >= 0.6 is 0 Å². The van der Waals surface area contributed by atoms with Gasteiger partial charge < -0.3 is 4.84 Å². The van der Waals surface area contributed by atoms with Gasteiger partial charge in [0.05, 0.1) is 11.6 Å². The summed E-state index contributed by atoms with van der Waals surface area (Å²) in [5.74, 6) is 0.503. The van der Waals surface area contributed by atoms with Crippen LogP contribution in [0.3, 0.4) is 0 Å². The Morgan fingerprint density at radius 1 is 0.905 bits per heavy atom. The molecule has 3 heteroatoms. The Hall–Kier alpha value is -2.81. The van der Waals surface area contributed by atoms with Gasteiger partial charge in [-0.2, -0.15) is 0 Å². The van der Waals surface area contributed by atoms with E-state index in [0.29, 0.717) is 0 Å². The van der Waals surface area contributed by atoms with Gasteiger partial charge in [-0.15, -0.1) is 0 Å². The average Bonchev–Trinajstić information content (AvgIpc) is 2.54. The van der Waals surface area contributed by atoms with E-state index in [0.717, 1.165) is 28.1 Å². The number of para-hydroxylation sites is 1. The lowest BCUT2D eigenvalue weighted by Gasteiger charge is -2.27. The van der Waals surface area contributed by atoms with Crippen LogP contribution in [0.5, 0.6) is 5.75 Å². The summed E-state index contributed by atoms with van der Waals surface area (Å²) < 4.78 is 0. The van der Waals surface area contributed by atoms with E-state index >= 15 is 0 Å². The second-order valence-electron chi connectivity index (χ2n) is 5.14. The number of hydroxylamine groups is 1. The number of carbonyl (C=O) groups is 1. The molecule has 1 unspecified atom stereocenters. The predicted octanol–water partition coefficient (Wildman–Crippen LogP) is 3.30. The number of carbonyl (C=O) groups excluding carboxylic acids is 1. The molecule has 0 saturated carbocycles. The number of nitrogens with one attached hydrogen (secondary N) is 1. The third kappa shape index (κ3) is 1.94. The van der Waals surface area contributed by atoms with Crippen molar-refractivity contribution in [3.63, 3.8) is 0 Å². The molecule has 1 aliphatic heterocycles. The smallest absolute Gasteiger partial charge is 0.169 e. The van der Waals surface area contributed by atoms with E-state index in [1.54, 1.807) is 6.08 Å². The Morgan fingerprint density at radius 3 is 2.57 bits per heavy atom. The molecule has 2 aliphatic rings. The number of hydrogen-bond donors (Lipinski definition) is 1. The zero-order valence-electron chi connectivity index (χ0n) is 11.2. The minimum absolute atomic E-state index is 0.0652. The number of ketones is 1. The van der Waals surface area contributed by atoms with E-state index in [9.17, 15) is 4.79 Å². The highest BCUT2D eigenvalue weighted by Crippen LogP contribution is 2.35. The van der Waals surface area contributed by atoms with E-state index in [4.69, 9.17) is 4.84 Å². The van der Waals surface area contributed by atoms with Crippen LogP contribution in [0, 0.1) is 0 Å². The third-order valence-corrected chi connectivity index (χ3v) is 3.84. The Balaban J connectivity index is 1.82. The van der Waals surface area contributed by atoms with Crippen molar-refractivity contribution in [3.8, 4) is 5.75 Å². The molecule has 1 atom stereocenters. The second-order valence-corrected chi connectivity index (χ2v) is 5.14. The lowest BCUT2D eigenvalue weighted by molar-refractivity contribution is -0.115. The molecule has 0 fully saturated rings. The summed E-state index contributed by atoms with van der Waals surface area (Å²) in [6.45, 7) is 0. The van der Waals surface area contributed by atoms with Gasteiger partial charge in [-0.3, -0.25) is 4.79 Å². The van der Waals surface area contributed by atoms with E-state index in [1.807, 2.05) is 60.7 Å². The van der Waals surface area contributed by atoms with E-state index in [1.165, 1.54) is 0 Å². The summed E-state index contributed by atoms with van der Waals surface area (Å²) in [7, 11) is 0. The molecule has 4 rings (SSSR count). The standard InChI is InChI=1S/C18H13NO2/c20-16-10-9-12-5-1-3-7-14(12)18(16)15-11-13-6-2-4-8-17(13)21-19-15/h1-11,18-19H. The minimum Gasteiger partial charge on any atom is -0.382 e. The Kier molecular flexibility index (Phi) is 2.64. The first-order valence-electron chi connectivity index (χ1n) is 6.87. The van der Waals surface area contributed by atoms with Gasteiger partial charge in [-0.05, 0) is 29.3 Å². The summed E-state index contributed by atoms with van der Waals surface area (Å²) in [5, 5.41) is 0. The van der Waals surface area contributed by atoms with E-state index in [2.05, 4.69) is 5.48 Å². The molecule has 1 heterocycles. The first kappa shape index (κ1) is 12.0. The normalized spacial score (nSPS) is 19.0. The molecule has 2 aromatic carbocycles. The van der Waals surface area contributed by atoms with Crippen LogP contribution in [-0.2, 0) is 4.79 Å². The van der Waals surface area contributed by atoms with Crippen LogP contribution in [0.15, 0.2) is 60.3 Å². The van der Waals surface area contributed by atoms with Gasteiger partial charge in [-0.25, -0.2) is 5.48 Å². The van der Waals surface area contributed by atoms with Gasteiger partial charge in [0, 0.05) is 5.56 Å². The zero-order chi connectivity index (χ0) is 14.2. The maximum absolute atomic E-state index is 12.3. The quantitative estimate of drug-likeness (QED) is 0.867. The van der Waals surface area contributed by atoms with Crippen LogP contribution in [0.25, 0.3) is 12.2 Å². The monoisotopic (exact) mass is 275 g/mol. The number of rotatable bonds is 1. The molecule has 21 heavy (non-hydrogen) atoms. The molecule has 2 aromatic rings. The lowest BCUT2D eigenvalue weighted by atomic mass is 9.83. The molecule has 0 bridgehead atoms. The fourth-order valence-corrected chi connectivity index (χ4v) is 2.81. The fourth-order valence-electron chi connectivity index (χ4n) is 2.81. The third-order valence-electron chi connectivity index (χ3n) is 3.84. The highest BCUT2D eigenvalue weighted by Gasteiger charge is 2.29. The molecule has 0 amide bonds. The van der Waals surface area contributed by atoms with E-state index in [-0.39, 0.29) is 11.7 Å². The summed E-state index contributed by atoms with van der Waals surface area (Å²) in [5.41, 5.74) is 6.75. The summed E-state index contributed by atoms with van der Waals surface area (Å²) in [4.78, 5) is 17.9. The SMILES string of the molecule is O=C1C=Cc2ccccc2C1C1=Cc2ccccc2ON1. The van der Waals surface area contributed by atoms with Crippen molar-refractivity contribution in [2.75, 3.05) is 0 Å². The average molecular weight is 275 g/mol. The first-order valence-corrected chi connectivity index (χ1v) is 6.87. The van der Waals surface area contributed by atoms with Crippen molar-refractivity contribution in [2.45, 2.75) is 5.92 Å². The fraction of sp³-hybridized carbons (Fsp3) is 0.0556. The van der Waals surface area contributed by atoms with Gasteiger partial charge in [0.15, 0.2) is 11.5 Å². The lowest BCUT2D eigenvalue weighted by Crippen LogP contribution is -2.30. The second kappa shape index (κ2) is 4.63. The summed E-state index contributed by atoms with van der Waals surface area (Å²) in [6.07, 6.45) is 5.49. The maximum atomic E-state index is 12.3. The maximum Gasteiger partial charge on any atom is 0.169 e. The van der Waals surface area contributed by atoms with Gasteiger partial charge in [-0.1, -0.05) is 48.5 Å². The van der Waals surface area contributed by atoms with Crippen LogP contribution < -0.4 is 10.3 Å². The Labute approximate surface area is 122 Å². The predicted molar refractivity (Wildman–Crippen MR) is 81.4 cm³/mol. The zero-order valence-corrected chi connectivity index (χ0v) is 11.2. The van der Waals surface area contributed by atoms with Crippen molar-refractivity contribution in [1.29, 1.82) is 0 Å². The largest absolute Gasteiger partial charge is 0.382 e. The van der Waals surface area contributed by atoms with Gasteiger partial charge >= 0.3 is 0 Å². The summed E-state index contributed by atoms with van der Waals surface area (Å²) in [6, 6.07) is 15.7. The molecular weight excluding hydrogens is 262 g/mol. The topological polar surface area (TPSA) is 38.3 Å².